The second-order valence-corrected chi connectivity index (χ2v) is 8.45. The Balaban J connectivity index is 1.26. The second-order valence-electron chi connectivity index (χ2n) is 8.45. The minimum Gasteiger partial charge on any atom is -0.355 e. The Morgan fingerprint density at radius 1 is 1.06 bits per heavy atom. The standard InChI is InChI=1S/C25H30FN5O/c1-19(21-5-3-2-4-6-21)18-30-14-12-24-29-28-23(31(24)16-15-30)11-13-27-25(32)17-20-7-9-22(26)10-8-20/h2-10,19H,11-18H2,1H3,(H,27,32). The number of aromatic nitrogens is 3. The van der Waals surface area contributed by atoms with Gasteiger partial charge in [0.25, 0.3) is 0 Å². The van der Waals surface area contributed by atoms with E-state index in [1.165, 1.54) is 17.7 Å². The number of amides is 1. The Morgan fingerprint density at radius 2 is 1.84 bits per heavy atom. The predicted molar refractivity (Wildman–Crippen MR) is 122 cm³/mol. The summed E-state index contributed by atoms with van der Waals surface area (Å²) in [4.78, 5) is 14.7. The average molecular weight is 436 g/mol. The van der Waals surface area contributed by atoms with Crippen LogP contribution in [-0.2, 0) is 30.6 Å². The van der Waals surface area contributed by atoms with Crippen LogP contribution in [0.5, 0.6) is 0 Å². The maximum absolute atomic E-state index is 13.0. The SMILES string of the molecule is CC(CN1CCc2nnc(CCNC(=O)Cc3ccc(F)cc3)n2CC1)c1ccccc1. The number of nitrogens with zero attached hydrogens (tertiary/aromatic N) is 4. The molecule has 0 radical (unpaired) electrons. The molecule has 0 aliphatic carbocycles. The lowest BCUT2D eigenvalue weighted by Gasteiger charge is -2.24. The number of rotatable bonds is 8. The minimum absolute atomic E-state index is 0.0757. The van der Waals surface area contributed by atoms with Crippen molar-refractivity contribution in [2.75, 3.05) is 26.2 Å². The molecule has 3 aromatic rings. The van der Waals surface area contributed by atoms with Crippen molar-refractivity contribution in [3.8, 4) is 0 Å². The summed E-state index contributed by atoms with van der Waals surface area (Å²) in [6.45, 7) is 6.61. The van der Waals surface area contributed by atoms with E-state index in [1.54, 1.807) is 12.1 Å². The molecule has 0 saturated heterocycles. The number of benzene rings is 2. The van der Waals surface area contributed by atoms with Gasteiger partial charge < -0.3 is 14.8 Å². The number of fused-ring (bicyclic) bond motifs is 1. The fraction of sp³-hybridized carbons (Fsp3) is 0.400. The Kier molecular flexibility index (Phi) is 7.27. The highest BCUT2D eigenvalue weighted by atomic mass is 19.1. The Bertz CT molecular complexity index is 1020. The van der Waals surface area contributed by atoms with Crippen LogP contribution in [0.3, 0.4) is 0 Å². The topological polar surface area (TPSA) is 63.1 Å². The van der Waals surface area contributed by atoms with E-state index in [0.717, 1.165) is 49.8 Å². The quantitative estimate of drug-likeness (QED) is 0.591. The van der Waals surface area contributed by atoms with Crippen molar-refractivity contribution < 1.29 is 9.18 Å². The van der Waals surface area contributed by atoms with Gasteiger partial charge in [-0.3, -0.25) is 4.79 Å². The zero-order valence-electron chi connectivity index (χ0n) is 18.5. The first-order valence-electron chi connectivity index (χ1n) is 11.3. The van der Waals surface area contributed by atoms with Gasteiger partial charge in [0.05, 0.1) is 6.42 Å². The first kappa shape index (κ1) is 22.1. The van der Waals surface area contributed by atoms with Crippen LogP contribution in [0.4, 0.5) is 4.39 Å². The molecule has 1 aliphatic rings. The van der Waals surface area contributed by atoms with E-state index in [0.29, 0.717) is 18.9 Å². The second kappa shape index (κ2) is 10.5. The molecule has 6 nitrogen and oxygen atoms in total. The van der Waals surface area contributed by atoms with Crippen molar-refractivity contribution in [1.82, 2.24) is 25.0 Å². The van der Waals surface area contributed by atoms with Crippen molar-refractivity contribution in [3.05, 3.63) is 83.2 Å². The van der Waals surface area contributed by atoms with E-state index in [1.807, 2.05) is 0 Å². The molecule has 4 rings (SSSR count). The van der Waals surface area contributed by atoms with Crippen molar-refractivity contribution in [2.45, 2.75) is 38.6 Å². The lowest BCUT2D eigenvalue weighted by atomic mass is 10.0. The molecule has 7 heteroatoms. The molecule has 32 heavy (non-hydrogen) atoms. The Morgan fingerprint density at radius 3 is 2.62 bits per heavy atom. The maximum Gasteiger partial charge on any atom is 0.224 e. The van der Waals surface area contributed by atoms with Gasteiger partial charge in [-0.1, -0.05) is 49.4 Å². The van der Waals surface area contributed by atoms with Gasteiger partial charge in [0.1, 0.15) is 17.5 Å². The third kappa shape index (κ3) is 5.79. The van der Waals surface area contributed by atoms with E-state index < -0.39 is 0 Å². The third-order valence-electron chi connectivity index (χ3n) is 6.04. The number of hydrogen-bond donors (Lipinski definition) is 1. The molecular formula is C25H30FN5O. The molecule has 1 aliphatic heterocycles. The summed E-state index contributed by atoms with van der Waals surface area (Å²) in [5, 5.41) is 11.7. The van der Waals surface area contributed by atoms with Gasteiger partial charge in [0.2, 0.25) is 5.91 Å². The largest absolute Gasteiger partial charge is 0.355 e. The molecule has 168 valence electrons. The molecule has 0 saturated carbocycles. The van der Waals surface area contributed by atoms with E-state index >= 15 is 0 Å². The van der Waals surface area contributed by atoms with Gasteiger partial charge in [-0.15, -0.1) is 10.2 Å². The number of carbonyl (C=O) groups excluding carboxylic acids is 1. The van der Waals surface area contributed by atoms with Crippen molar-refractivity contribution in [2.24, 2.45) is 0 Å². The van der Waals surface area contributed by atoms with Crippen LogP contribution in [0.1, 0.15) is 35.6 Å². The average Bonchev–Trinajstić information content (AvgIpc) is 3.07. The van der Waals surface area contributed by atoms with Gasteiger partial charge >= 0.3 is 0 Å². The molecule has 1 amide bonds. The highest BCUT2D eigenvalue weighted by molar-refractivity contribution is 5.78. The zero-order valence-corrected chi connectivity index (χ0v) is 18.5. The van der Waals surface area contributed by atoms with E-state index in [9.17, 15) is 9.18 Å². The van der Waals surface area contributed by atoms with Gasteiger partial charge in [0, 0.05) is 45.6 Å². The summed E-state index contributed by atoms with van der Waals surface area (Å²) < 4.78 is 15.2. The lowest BCUT2D eigenvalue weighted by molar-refractivity contribution is -0.120. The molecule has 1 unspecified atom stereocenters. The van der Waals surface area contributed by atoms with Crippen LogP contribution in [0, 0.1) is 5.82 Å². The summed E-state index contributed by atoms with van der Waals surface area (Å²) in [7, 11) is 0. The third-order valence-corrected chi connectivity index (χ3v) is 6.04. The summed E-state index contributed by atoms with van der Waals surface area (Å²) in [6.07, 6.45) is 1.76. The molecular weight excluding hydrogens is 405 g/mol. The van der Waals surface area contributed by atoms with Gasteiger partial charge in [-0.05, 0) is 29.2 Å². The lowest BCUT2D eigenvalue weighted by Crippen LogP contribution is -2.31. The first-order valence-corrected chi connectivity index (χ1v) is 11.3. The van der Waals surface area contributed by atoms with Gasteiger partial charge in [-0.2, -0.15) is 0 Å². The number of nitrogens with one attached hydrogen (secondary N) is 1. The first-order chi connectivity index (χ1) is 15.6. The van der Waals surface area contributed by atoms with Crippen molar-refractivity contribution >= 4 is 5.91 Å². The fourth-order valence-corrected chi connectivity index (χ4v) is 4.23. The molecule has 1 N–H and O–H groups in total. The summed E-state index contributed by atoms with van der Waals surface area (Å²) in [5.41, 5.74) is 2.17. The van der Waals surface area contributed by atoms with Crippen LogP contribution >= 0.6 is 0 Å². The van der Waals surface area contributed by atoms with Crippen LogP contribution in [0.15, 0.2) is 54.6 Å². The van der Waals surface area contributed by atoms with Crippen LogP contribution in [-0.4, -0.2) is 51.8 Å². The molecule has 1 aromatic heterocycles. The molecule has 2 aromatic carbocycles. The van der Waals surface area contributed by atoms with Crippen LogP contribution < -0.4 is 5.32 Å². The van der Waals surface area contributed by atoms with Crippen molar-refractivity contribution in [1.29, 1.82) is 0 Å². The zero-order chi connectivity index (χ0) is 22.3. The fourth-order valence-electron chi connectivity index (χ4n) is 4.23. The number of halogens is 1. The summed E-state index contributed by atoms with van der Waals surface area (Å²) >= 11 is 0. The van der Waals surface area contributed by atoms with Crippen molar-refractivity contribution in [3.63, 3.8) is 0 Å². The Hall–Kier alpha value is -3.06. The van der Waals surface area contributed by atoms with Gasteiger partial charge in [0.15, 0.2) is 0 Å². The van der Waals surface area contributed by atoms with Gasteiger partial charge in [-0.25, -0.2) is 4.39 Å². The number of hydrogen-bond acceptors (Lipinski definition) is 4. The van der Waals surface area contributed by atoms with E-state index in [-0.39, 0.29) is 18.1 Å². The Labute approximate surface area is 188 Å². The molecule has 0 fully saturated rings. The molecule has 2 heterocycles. The normalized spacial score (nSPS) is 15.1. The number of carbonyl (C=O) groups is 1. The highest BCUT2D eigenvalue weighted by Crippen LogP contribution is 2.18. The summed E-state index contributed by atoms with van der Waals surface area (Å²) in [5.74, 6) is 2.05. The predicted octanol–water partition coefficient (Wildman–Crippen LogP) is 2.98. The highest BCUT2D eigenvalue weighted by Gasteiger charge is 2.20. The molecule has 1 atom stereocenters. The van der Waals surface area contributed by atoms with Crippen LogP contribution in [0.25, 0.3) is 0 Å². The summed E-state index contributed by atoms with van der Waals surface area (Å²) in [6, 6.07) is 16.7. The smallest absolute Gasteiger partial charge is 0.224 e. The minimum atomic E-state index is -0.297. The van der Waals surface area contributed by atoms with Crippen LogP contribution in [0.2, 0.25) is 0 Å². The van der Waals surface area contributed by atoms with E-state index in [4.69, 9.17) is 0 Å². The molecule has 0 bridgehead atoms. The maximum atomic E-state index is 13.0. The molecule has 0 spiro atoms. The van der Waals surface area contributed by atoms with E-state index in [2.05, 4.69) is 62.2 Å². The monoisotopic (exact) mass is 435 g/mol.